The predicted octanol–water partition coefficient (Wildman–Crippen LogP) is 2.66. The molecule has 0 N–H and O–H groups in total. The zero-order valence-electron chi connectivity index (χ0n) is 13.0. The highest BCUT2D eigenvalue weighted by molar-refractivity contribution is 6.02. The van der Waals surface area contributed by atoms with E-state index in [-0.39, 0.29) is 34.6 Å². The summed E-state index contributed by atoms with van der Waals surface area (Å²) in [6.45, 7) is 14.7. The van der Waals surface area contributed by atoms with Crippen molar-refractivity contribution in [2.75, 3.05) is 13.1 Å². The Morgan fingerprint density at radius 2 is 2.00 bits per heavy atom. The lowest BCUT2D eigenvalue weighted by molar-refractivity contribution is -0.141. The number of hydrogen-bond donors (Lipinski definition) is 0. The summed E-state index contributed by atoms with van der Waals surface area (Å²) < 4.78 is 0. The molecule has 4 heteroatoms. The third kappa shape index (κ3) is 2.10. The quantitative estimate of drug-likeness (QED) is 0.695. The minimum absolute atomic E-state index is 0.0399. The van der Waals surface area contributed by atoms with E-state index in [0.717, 1.165) is 25.8 Å². The Labute approximate surface area is 126 Å². The van der Waals surface area contributed by atoms with Crippen LogP contribution in [0.2, 0.25) is 0 Å². The molecule has 0 aromatic rings. The van der Waals surface area contributed by atoms with Gasteiger partial charge in [0.15, 0.2) is 5.78 Å². The lowest BCUT2D eigenvalue weighted by Gasteiger charge is -2.53. The third-order valence-corrected chi connectivity index (χ3v) is 5.53. The first kappa shape index (κ1) is 14.3. The van der Waals surface area contributed by atoms with Gasteiger partial charge in [-0.2, -0.15) is 0 Å². The van der Waals surface area contributed by atoms with Gasteiger partial charge in [-0.25, -0.2) is 4.85 Å². The van der Waals surface area contributed by atoms with Crippen molar-refractivity contribution < 1.29 is 9.59 Å². The lowest BCUT2D eigenvalue weighted by atomic mass is 9.55. The van der Waals surface area contributed by atoms with Crippen LogP contribution < -0.4 is 0 Å². The number of ketones is 1. The Morgan fingerprint density at radius 1 is 1.33 bits per heavy atom. The smallest absolute Gasteiger partial charge is 0.226 e. The Kier molecular flexibility index (Phi) is 3.02. The molecule has 1 heterocycles. The van der Waals surface area contributed by atoms with Gasteiger partial charge in [0.25, 0.3) is 0 Å². The van der Waals surface area contributed by atoms with Crippen LogP contribution >= 0.6 is 0 Å². The number of nitrogens with zero attached hydrogens (tertiary/aromatic N) is 2. The predicted molar refractivity (Wildman–Crippen MR) is 79.0 cm³/mol. The molecule has 3 aliphatic rings. The average molecular weight is 286 g/mol. The van der Waals surface area contributed by atoms with E-state index in [9.17, 15) is 9.59 Å². The van der Waals surface area contributed by atoms with Crippen LogP contribution in [0.3, 0.4) is 0 Å². The van der Waals surface area contributed by atoms with Crippen molar-refractivity contribution in [3.8, 4) is 0 Å². The first-order valence-corrected chi connectivity index (χ1v) is 7.73. The molecule has 1 amide bonds. The van der Waals surface area contributed by atoms with Gasteiger partial charge in [0.1, 0.15) is 0 Å². The van der Waals surface area contributed by atoms with Crippen molar-refractivity contribution in [2.45, 2.75) is 40.0 Å². The van der Waals surface area contributed by atoms with E-state index in [0.29, 0.717) is 6.54 Å². The second kappa shape index (κ2) is 4.43. The number of piperidine rings is 1. The maximum atomic E-state index is 12.4. The molecule has 4 nitrogen and oxygen atoms in total. The standard InChI is InChI=1S/C17H22N2O2/c1-16(2)13-7-8-19(15(21)11-5-6-11)10-17(13,3)9-12(18-4)14(16)20/h9,11,13H,5-8,10H2,1-3H3/t13-,17+/m0/s1. The molecule has 21 heavy (non-hydrogen) atoms. The second-order valence-electron chi connectivity index (χ2n) is 7.57. The first-order valence-electron chi connectivity index (χ1n) is 7.73. The van der Waals surface area contributed by atoms with E-state index >= 15 is 0 Å². The maximum Gasteiger partial charge on any atom is 0.226 e. The van der Waals surface area contributed by atoms with Crippen LogP contribution in [0.1, 0.15) is 40.0 Å². The Balaban J connectivity index is 1.94. The number of amides is 1. The molecule has 1 aliphatic heterocycles. The van der Waals surface area contributed by atoms with Crippen LogP contribution in [-0.4, -0.2) is 29.7 Å². The Morgan fingerprint density at radius 3 is 2.57 bits per heavy atom. The minimum Gasteiger partial charge on any atom is -0.342 e. The molecule has 0 spiro atoms. The van der Waals surface area contributed by atoms with Crippen molar-refractivity contribution in [3.05, 3.63) is 23.2 Å². The molecular weight excluding hydrogens is 264 g/mol. The summed E-state index contributed by atoms with van der Waals surface area (Å²) in [4.78, 5) is 30.2. The van der Waals surface area contributed by atoms with Gasteiger partial charge in [-0.1, -0.05) is 26.8 Å². The van der Waals surface area contributed by atoms with Gasteiger partial charge in [0.05, 0.1) is 6.57 Å². The lowest BCUT2D eigenvalue weighted by Crippen LogP contribution is -2.56. The fraction of sp³-hybridized carbons (Fsp3) is 0.706. The van der Waals surface area contributed by atoms with Crippen molar-refractivity contribution in [2.24, 2.45) is 22.7 Å². The molecule has 2 atom stereocenters. The molecule has 3 rings (SSSR count). The number of fused-ring (bicyclic) bond motifs is 1. The van der Waals surface area contributed by atoms with Gasteiger partial charge in [0.2, 0.25) is 11.6 Å². The molecule has 0 bridgehead atoms. The molecule has 2 fully saturated rings. The van der Waals surface area contributed by atoms with Crippen LogP contribution in [0.15, 0.2) is 11.8 Å². The van der Waals surface area contributed by atoms with Gasteiger partial charge in [0, 0.05) is 24.4 Å². The molecule has 0 aromatic heterocycles. The van der Waals surface area contributed by atoms with Crippen LogP contribution in [0.5, 0.6) is 0 Å². The van der Waals surface area contributed by atoms with Gasteiger partial charge in [-0.05, 0) is 30.6 Å². The number of rotatable bonds is 1. The van der Waals surface area contributed by atoms with E-state index < -0.39 is 5.41 Å². The molecule has 0 aromatic carbocycles. The summed E-state index contributed by atoms with van der Waals surface area (Å²) in [6.07, 6.45) is 4.71. The first-order chi connectivity index (χ1) is 9.79. The fourth-order valence-corrected chi connectivity index (χ4v) is 4.27. The van der Waals surface area contributed by atoms with Crippen LogP contribution in [0.4, 0.5) is 0 Å². The van der Waals surface area contributed by atoms with E-state index in [4.69, 9.17) is 6.57 Å². The Bertz CT molecular complexity index is 580. The van der Waals surface area contributed by atoms with Crippen molar-refractivity contribution in [1.82, 2.24) is 4.90 Å². The summed E-state index contributed by atoms with van der Waals surface area (Å²) in [7, 11) is 0. The van der Waals surface area contributed by atoms with Gasteiger partial charge in [-0.3, -0.25) is 4.79 Å². The van der Waals surface area contributed by atoms with Crippen molar-refractivity contribution >= 4 is 11.7 Å². The summed E-state index contributed by atoms with van der Waals surface area (Å²) in [6, 6.07) is 0. The largest absolute Gasteiger partial charge is 0.342 e. The van der Waals surface area contributed by atoms with Crippen LogP contribution in [-0.2, 0) is 9.59 Å². The van der Waals surface area contributed by atoms with Gasteiger partial charge >= 0.3 is 0 Å². The van der Waals surface area contributed by atoms with Gasteiger partial charge < -0.3 is 9.69 Å². The molecule has 2 aliphatic carbocycles. The third-order valence-electron chi connectivity index (χ3n) is 5.53. The SMILES string of the molecule is [C-]#[N+]C1=C[C@]2(C)CN(C(=O)C3CC3)CC[C@H]2C(C)(C)C1=O. The maximum absolute atomic E-state index is 12.4. The van der Waals surface area contributed by atoms with Gasteiger partial charge in [-0.15, -0.1) is 0 Å². The number of allylic oxidation sites excluding steroid dienone is 1. The van der Waals surface area contributed by atoms with Crippen LogP contribution in [0, 0.1) is 29.2 Å². The highest BCUT2D eigenvalue weighted by atomic mass is 16.2. The highest BCUT2D eigenvalue weighted by Gasteiger charge is 2.54. The van der Waals surface area contributed by atoms with Crippen molar-refractivity contribution in [3.63, 3.8) is 0 Å². The molecule has 112 valence electrons. The highest BCUT2D eigenvalue weighted by Crippen LogP contribution is 2.52. The Hall–Kier alpha value is -1.63. The van der Waals surface area contributed by atoms with E-state index in [1.54, 1.807) is 0 Å². The van der Waals surface area contributed by atoms with E-state index in [1.165, 1.54) is 0 Å². The average Bonchev–Trinajstić information content (AvgIpc) is 3.26. The fourth-order valence-electron chi connectivity index (χ4n) is 4.27. The number of carbonyl (C=O) groups is 2. The summed E-state index contributed by atoms with van der Waals surface area (Å²) in [5.41, 5.74) is -0.530. The topological polar surface area (TPSA) is 41.7 Å². The number of likely N-dealkylation sites (tertiary alicyclic amines) is 1. The summed E-state index contributed by atoms with van der Waals surface area (Å²) in [5.74, 6) is 0.656. The molecule has 1 saturated heterocycles. The summed E-state index contributed by atoms with van der Waals surface area (Å²) >= 11 is 0. The van der Waals surface area contributed by atoms with Crippen molar-refractivity contribution in [1.29, 1.82) is 0 Å². The molecular formula is C17H22N2O2. The summed E-state index contributed by atoms with van der Waals surface area (Å²) in [5, 5.41) is 0. The number of hydrogen-bond acceptors (Lipinski definition) is 2. The number of carbonyl (C=O) groups excluding carboxylic acids is 2. The normalized spacial score (nSPS) is 34.8. The zero-order chi connectivity index (χ0) is 15.4. The van der Waals surface area contributed by atoms with E-state index in [2.05, 4.69) is 11.8 Å². The zero-order valence-corrected chi connectivity index (χ0v) is 13.0. The number of Topliss-reactive ketones (excluding diaryl/α,β-unsaturated/α-hetero) is 1. The van der Waals surface area contributed by atoms with Crippen LogP contribution in [0.25, 0.3) is 4.85 Å². The molecule has 0 radical (unpaired) electrons. The molecule has 0 unspecified atom stereocenters. The monoisotopic (exact) mass is 286 g/mol. The van der Waals surface area contributed by atoms with E-state index in [1.807, 2.05) is 24.8 Å². The molecule has 1 saturated carbocycles. The minimum atomic E-state index is -0.516. The second-order valence-corrected chi connectivity index (χ2v) is 7.57.